The summed E-state index contributed by atoms with van der Waals surface area (Å²) in [4.78, 5) is 11.9. The molecule has 24 heavy (non-hydrogen) atoms. The van der Waals surface area contributed by atoms with Crippen molar-refractivity contribution in [3.63, 3.8) is 0 Å². The van der Waals surface area contributed by atoms with Crippen LogP contribution in [0.3, 0.4) is 0 Å². The number of fused-ring (bicyclic) bond motifs is 1. The van der Waals surface area contributed by atoms with Gasteiger partial charge in [-0.3, -0.25) is 4.79 Å². The van der Waals surface area contributed by atoms with E-state index in [0.29, 0.717) is 10.7 Å². The molecule has 0 aliphatic heterocycles. The maximum Gasteiger partial charge on any atom is 0.283 e. The van der Waals surface area contributed by atoms with Gasteiger partial charge < -0.3 is 15.0 Å². The first-order chi connectivity index (χ1) is 11.6. The molecular formula is C17H15ClN4O2. The molecule has 2 N–H and O–H groups in total. The number of halogens is 1. The van der Waals surface area contributed by atoms with Crippen LogP contribution in [-0.2, 0) is 11.8 Å². The third-order valence-corrected chi connectivity index (χ3v) is 3.95. The second-order valence-electron chi connectivity index (χ2n) is 5.18. The number of rotatable bonds is 4. The first-order valence-corrected chi connectivity index (χ1v) is 7.65. The lowest BCUT2D eigenvalue weighted by Gasteiger charge is -2.04. The van der Waals surface area contributed by atoms with Gasteiger partial charge in [-0.1, -0.05) is 41.9 Å². The van der Waals surface area contributed by atoms with Gasteiger partial charge in [0.25, 0.3) is 5.91 Å². The average molecular weight is 343 g/mol. The standard InChI is InChI=1S/C17H15ClN4O2/c1-22-14-9-5-2-6-11(14)16(17(22)24)21-20-15(23)10-19-13-8-4-3-7-12(13)18/h2-9,19,24H,10H2,1H3. The summed E-state index contributed by atoms with van der Waals surface area (Å²) in [7, 11) is 1.72. The normalized spacial score (nSPS) is 11.2. The van der Waals surface area contributed by atoms with Crippen LogP contribution >= 0.6 is 11.6 Å². The van der Waals surface area contributed by atoms with Gasteiger partial charge in [0.05, 0.1) is 22.8 Å². The Labute approximate surface area is 143 Å². The third kappa shape index (κ3) is 3.09. The summed E-state index contributed by atoms with van der Waals surface area (Å²) in [5.41, 5.74) is 1.74. The van der Waals surface area contributed by atoms with Gasteiger partial charge in [0.15, 0.2) is 5.69 Å². The Morgan fingerprint density at radius 3 is 2.71 bits per heavy atom. The lowest BCUT2D eigenvalue weighted by atomic mass is 10.2. The Hall–Kier alpha value is -2.86. The molecule has 2 aromatic carbocycles. The van der Waals surface area contributed by atoms with Crippen LogP contribution in [0.1, 0.15) is 0 Å². The van der Waals surface area contributed by atoms with Crippen LogP contribution in [0.5, 0.6) is 5.88 Å². The molecule has 0 saturated heterocycles. The lowest BCUT2D eigenvalue weighted by molar-refractivity contribution is -0.116. The fraction of sp³-hybridized carbons (Fsp3) is 0.118. The molecule has 122 valence electrons. The molecule has 1 heterocycles. The third-order valence-electron chi connectivity index (χ3n) is 3.62. The summed E-state index contributed by atoms with van der Waals surface area (Å²) in [5, 5.41) is 21.9. The zero-order chi connectivity index (χ0) is 17.1. The summed E-state index contributed by atoms with van der Waals surface area (Å²) in [5.74, 6) is -0.505. The zero-order valence-corrected chi connectivity index (χ0v) is 13.7. The van der Waals surface area contributed by atoms with Crippen LogP contribution in [0.15, 0.2) is 58.8 Å². The molecule has 0 bridgehead atoms. The van der Waals surface area contributed by atoms with Crippen LogP contribution in [0.4, 0.5) is 11.4 Å². The zero-order valence-electron chi connectivity index (χ0n) is 12.9. The summed E-state index contributed by atoms with van der Waals surface area (Å²) in [6, 6.07) is 14.5. The molecular weight excluding hydrogens is 328 g/mol. The lowest BCUT2D eigenvalue weighted by Crippen LogP contribution is -2.11. The number of benzene rings is 2. The molecule has 0 aliphatic rings. The van der Waals surface area contributed by atoms with Crippen LogP contribution in [0.2, 0.25) is 5.02 Å². The Balaban J connectivity index is 1.75. The molecule has 0 saturated carbocycles. The van der Waals surface area contributed by atoms with Crippen molar-refractivity contribution in [1.29, 1.82) is 0 Å². The number of anilines is 1. The Kier molecular flexibility index (Phi) is 4.48. The number of hydrogen-bond acceptors (Lipinski definition) is 4. The van der Waals surface area contributed by atoms with Crippen molar-refractivity contribution in [2.45, 2.75) is 0 Å². The second-order valence-corrected chi connectivity index (χ2v) is 5.58. The number of amides is 1. The van der Waals surface area contributed by atoms with Gasteiger partial charge >= 0.3 is 0 Å². The van der Waals surface area contributed by atoms with E-state index in [0.717, 1.165) is 10.9 Å². The van der Waals surface area contributed by atoms with E-state index in [1.54, 1.807) is 29.8 Å². The fourth-order valence-electron chi connectivity index (χ4n) is 2.37. The van der Waals surface area contributed by atoms with Crippen LogP contribution in [-0.4, -0.2) is 22.1 Å². The molecule has 0 radical (unpaired) electrons. The Morgan fingerprint density at radius 1 is 1.21 bits per heavy atom. The second kappa shape index (κ2) is 6.72. The number of para-hydroxylation sites is 2. The monoisotopic (exact) mass is 342 g/mol. The minimum absolute atomic E-state index is 0.0354. The minimum atomic E-state index is -0.470. The number of hydrogen-bond donors (Lipinski definition) is 2. The molecule has 3 rings (SSSR count). The molecule has 3 aromatic rings. The van der Waals surface area contributed by atoms with Crippen molar-refractivity contribution >= 4 is 39.8 Å². The predicted molar refractivity (Wildman–Crippen MR) is 94.0 cm³/mol. The van der Waals surface area contributed by atoms with Gasteiger partial charge in [0, 0.05) is 12.4 Å². The number of nitrogens with one attached hydrogen (secondary N) is 1. The number of aryl methyl sites for hydroxylation is 1. The summed E-state index contributed by atoms with van der Waals surface area (Å²) in [6.07, 6.45) is 0. The maximum atomic E-state index is 11.9. The fourth-order valence-corrected chi connectivity index (χ4v) is 2.58. The Bertz CT molecular complexity index is 933. The van der Waals surface area contributed by atoms with Crippen LogP contribution < -0.4 is 5.32 Å². The van der Waals surface area contributed by atoms with Crippen LogP contribution in [0, 0.1) is 0 Å². The highest BCUT2D eigenvalue weighted by Gasteiger charge is 2.14. The van der Waals surface area contributed by atoms with E-state index in [1.165, 1.54) is 0 Å². The molecule has 0 fully saturated rings. The molecule has 7 heteroatoms. The van der Waals surface area contributed by atoms with E-state index in [4.69, 9.17) is 11.6 Å². The van der Waals surface area contributed by atoms with Gasteiger partial charge in [-0.05, 0) is 18.2 Å². The van der Waals surface area contributed by atoms with Crippen molar-refractivity contribution in [3.05, 3.63) is 53.6 Å². The van der Waals surface area contributed by atoms with E-state index < -0.39 is 5.91 Å². The van der Waals surface area contributed by atoms with Crippen molar-refractivity contribution in [3.8, 4) is 5.88 Å². The van der Waals surface area contributed by atoms with E-state index in [1.807, 2.05) is 30.3 Å². The number of carbonyl (C=O) groups excluding carboxylic acids is 1. The van der Waals surface area contributed by atoms with Crippen LogP contribution in [0.25, 0.3) is 10.9 Å². The quantitative estimate of drug-likeness (QED) is 0.695. The topological polar surface area (TPSA) is 79.0 Å². The predicted octanol–water partition coefficient (Wildman–Crippen LogP) is 4.26. The van der Waals surface area contributed by atoms with E-state index >= 15 is 0 Å². The van der Waals surface area contributed by atoms with E-state index in [9.17, 15) is 9.90 Å². The highest BCUT2D eigenvalue weighted by molar-refractivity contribution is 6.33. The number of aromatic nitrogens is 1. The number of carbonyl (C=O) groups is 1. The molecule has 1 amide bonds. The molecule has 0 aliphatic carbocycles. The summed E-state index contributed by atoms with van der Waals surface area (Å²) < 4.78 is 1.59. The van der Waals surface area contributed by atoms with E-state index in [-0.39, 0.29) is 18.1 Å². The minimum Gasteiger partial charge on any atom is -0.493 e. The molecule has 6 nitrogen and oxygen atoms in total. The molecule has 0 spiro atoms. The van der Waals surface area contributed by atoms with Crippen molar-refractivity contribution in [2.24, 2.45) is 17.3 Å². The van der Waals surface area contributed by atoms with Gasteiger partial charge in [-0.15, -0.1) is 10.2 Å². The first-order valence-electron chi connectivity index (χ1n) is 7.27. The van der Waals surface area contributed by atoms with Crippen molar-refractivity contribution < 1.29 is 9.90 Å². The maximum absolute atomic E-state index is 11.9. The largest absolute Gasteiger partial charge is 0.493 e. The van der Waals surface area contributed by atoms with Gasteiger partial charge in [0.2, 0.25) is 5.88 Å². The average Bonchev–Trinajstić information content (AvgIpc) is 2.84. The van der Waals surface area contributed by atoms with Gasteiger partial charge in [0.1, 0.15) is 0 Å². The molecule has 0 unspecified atom stereocenters. The molecule has 1 aromatic heterocycles. The highest BCUT2D eigenvalue weighted by Crippen LogP contribution is 2.37. The highest BCUT2D eigenvalue weighted by atomic mass is 35.5. The first kappa shape index (κ1) is 16.0. The van der Waals surface area contributed by atoms with Crippen molar-refractivity contribution in [2.75, 3.05) is 11.9 Å². The smallest absolute Gasteiger partial charge is 0.283 e. The van der Waals surface area contributed by atoms with Gasteiger partial charge in [-0.2, -0.15) is 0 Å². The summed E-state index contributed by atoms with van der Waals surface area (Å²) in [6.45, 7) is -0.0429. The summed E-state index contributed by atoms with van der Waals surface area (Å²) >= 11 is 6.01. The number of azo groups is 1. The van der Waals surface area contributed by atoms with Crippen molar-refractivity contribution in [1.82, 2.24) is 4.57 Å². The van der Waals surface area contributed by atoms with Gasteiger partial charge in [-0.25, -0.2) is 0 Å². The Morgan fingerprint density at radius 2 is 1.92 bits per heavy atom. The number of aromatic hydroxyl groups is 1. The number of nitrogens with zero attached hydrogens (tertiary/aromatic N) is 3. The SMILES string of the molecule is Cn1c(O)c(N=NC(=O)CNc2ccccc2Cl)c2ccccc21. The molecule has 0 atom stereocenters. The van der Waals surface area contributed by atoms with E-state index in [2.05, 4.69) is 15.5 Å².